The number of para-hydroxylation sites is 1. The smallest absolute Gasteiger partial charge is 0.295 e. The first-order chi connectivity index (χ1) is 18.4. The van der Waals surface area contributed by atoms with Gasteiger partial charge in [0.25, 0.3) is 11.7 Å². The van der Waals surface area contributed by atoms with Crippen molar-refractivity contribution in [1.29, 1.82) is 0 Å². The normalized spacial score (nSPS) is 16.8. The Hall–Kier alpha value is -4.52. The number of ketones is 1. The van der Waals surface area contributed by atoms with E-state index in [2.05, 4.69) is 4.98 Å². The molecule has 1 atom stereocenters. The van der Waals surface area contributed by atoms with E-state index in [0.29, 0.717) is 17.9 Å². The molecule has 1 aliphatic heterocycles. The molecular formula is C31H30N2O5. The lowest BCUT2D eigenvalue weighted by atomic mass is 9.94. The van der Waals surface area contributed by atoms with Crippen molar-refractivity contribution in [2.45, 2.75) is 32.9 Å². The fourth-order valence-corrected chi connectivity index (χ4v) is 4.94. The predicted molar refractivity (Wildman–Crippen MR) is 146 cm³/mol. The molecule has 1 fully saturated rings. The second-order valence-electron chi connectivity index (χ2n) is 9.39. The zero-order valence-corrected chi connectivity index (χ0v) is 21.7. The van der Waals surface area contributed by atoms with Gasteiger partial charge in [-0.15, -0.1) is 0 Å². The van der Waals surface area contributed by atoms with Crippen LogP contribution in [0.5, 0.6) is 11.5 Å². The molecule has 7 nitrogen and oxygen atoms in total. The Morgan fingerprint density at radius 2 is 1.82 bits per heavy atom. The number of aromatic amines is 1. The highest BCUT2D eigenvalue weighted by molar-refractivity contribution is 6.46. The van der Waals surface area contributed by atoms with E-state index in [9.17, 15) is 14.7 Å². The van der Waals surface area contributed by atoms with E-state index in [1.807, 2.05) is 68.6 Å². The molecule has 2 heterocycles. The first-order valence-electron chi connectivity index (χ1n) is 12.6. The molecule has 0 bridgehead atoms. The number of aliphatic hydroxyl groups excluding tert-OH is 1. The number of benzene rings is 3. The van der Waals surface area contributed by atoms with Crippen LogP contribution in [0.3, 0.4) is 0 Å². The third-order valence-electron chi connectivity index (χ3n) is 6.88. The topological polar surface area (TPSA) is 91.9 Å². The van der Waals surface area contributed by atoms with Crippen molar-refractivity contribution in [3.05, 3.63) is 101 Å². The molecular weight excluding hydrogens is 480 g/mol. The number of aryl methyl sites for hydroxylation is 1. The van der Waals surface area contributed by atoms with Crippen molar-refractivity contribution in [3.8, 4) is 11.5 Å². The number of H-pyrrole nitrogens is 1. The third-order valence-corrected chi connectivity index (χ3v) is 6.88. The summed E-state index contributed by atoms with van der Waals surface area (Å²) in [6, 6.07) is 19.6. The summed E-state index contributed by atoms with van der Waals surface area (Å²) in [5.41, 5.74) is 3.82. The summed E-state index contributed by atoms with van der Waals surface area (Å²) in [5.74, 6) is -0.157. The number of amides is 1. The third kappa shape index (κ3) is 4.52. The highest BCUT2D eigenvalue weighted by Crippen LogP contribution is 2.43. The molecule has 0 aliphatic carbocycles. The average Bonchev–Trinajstić information content (AvgIpc) is 3.46. The van der Waals surface area contributed by atoms with Gasteiger partial charge in [0.1, 0.15) is 17.3 Å². The monoisotopic (exact) mass is 510 g/mol. The quantitative estimate of drug-likeness (QED) is 0.175. The molecule has 0 spiro atoms. The van der Waals surface area contributed by atoms with Gasteiger partial charge in [-0.25, -0.2) is 0 Å². The maximum atomic E-state index is 13.5. The molecule has 194 valence electrons. The van der Waals surface area contributed by atoms with Gasteiger partial charge in [-0.2, -0.15) is 0 Å². The highest BCUT2D eigenvalue weighted by Gasteiger charge is 2.46. The average molecular weight is 511 g/mol. The number of Topliss-reactive ketones (excluding diaryl/α,β-unsaturated/α-hetero) is 1. The van der Waals surface area contributed by atoms with E-state index in [1.54, 1.807) is 25.3 Å². The van der Waals surface area contributed by atoms with Crippen molar-refractivity contribution >= 4 is 28.4 Å². The van der Waals surface area contributed by atoms with Crippen LogP contribution in [0.2, 0.25) is 0 Å². The van der Waals surface area contributed by atoms with Crippen molar-refractivity contribution in [1.82, 2.24) is 9.88 Å². The van der Waals surface area contributed by atoms with Gasteiger partial charge in [0, 0.05) is 34.8 Å². The Morgan fingerprint density at radius 3 is 2.53 bits per heavy atom. The van der Waals surface area contributed by atoms with Crippen LogP contribution in [0, 0.1) is 6.92 Å². The Kier molecular flexibility index (Phi) is 6.92. The fraction of sp³-hybridized carbons (Fsp3) is 0.226. The van der Waals surface area contributed by atoms with Crippen LogP contribution < -0.4 is 9.47 Å². The number of nitrogens with one attached hydrogen (secondary N) is 1. The number of aliphatic hydroxyl groups is 1. The number of likely N-dealkylation sites (tertiary alicyclic amines) is 1. The lowest BCUT2D eigenvalue weighted by Crippen LogP contribution is -2.29. The van der Waals surface area contributed by atoms with Gasteiger partial charge in [0.05, 0.1) is 25.3 Å². The van der Waals surface area contributed by atoms with Crippen LogP contribution in [0.25, 0.3) is 16.7 Å². The van der Waals surface area contributed by atoms with Crippen molar-refractivity contribution in [3.63, 3.8) is 0 Å². The number of hydrogen-bond donors (Lipinski definition) is 2. The molecule has 3 aromatic carbocycles. The summed E-state index contributed by atoms with van der Waals surface area (Å²) in [4.78, 5) is 31.7. The van der Waals surface area contributed by atoms with Crippen LogP contribution in [0.1, 0.15) is 41.6 Å². The number of aromatic nitrogens is 1. The zero-order valence-electron chi connectivity index (χ0n) is 21.7. The maximum Gasteiger partial charge on any atom is 0.295 e. The Labute approximate surface area is 221 Å². The Balaban J connectivity index is 1.63. The molecule has 1 aromatic heterocycles. The minimum absolute atomic E-state index is 0.0647. The number of carbonyl (C=O) groups is 2. The Bertz CT molecular complexity index is 1530. The summed E-state index contributed by atoms with van der Waals surface area (Å²) in [7, 11) is 1.59. The second kappa shape index (κ2) is 10.5. The van der Waals surface area contributed by atoms with Crippen molar-refractivity contribution in [2.24, 2.45) is 0 Å². The number of fused-ring (bicyclic) bond motifs is 1. The first kappa shape index (κ1) is 25.1. The molecule has 38 heavy (non-hydrogen) atoms. The number of methoxy groups -OCH3 is 1. The van der Waals surface area contributed by atoms with Gasteiger partial charge >= 0.3 is 0 Å². The number of nitrogens with zero attached hydrogens (tertiary/aromatic N) is 1. The minimum Gasteiger partial charge on any atom is -0.507 e. The van der Waals surface area contributed by atoms with Crippen molar-refractivity contribution in [2.75, 3.05) is 13.7 Å². The van der Waals surface area contributed by atoms with Gasteiger partial charge in [-0.1, -0.05) is 37.3 Å². The zero-order chi connectivity index (χ0) is 26.8. The van der Waals surface area contributed by atoms with E-state index in [1.165, 1.54) is 4.90 Å². The highest BCUT2D eigenvalue weighted by atomic mass is 16.5. The summed E-state index contributed by atoms with van der Waals surface area (Å²) >= 11 is 0. The lowest BCUT2D eigenvalue weighted by Gasteiger charge is -2.25. The summed E-state index contributed by atoms with van der Waals surface area (Å²) in [6.07, 6.45) is 2.69. The van der Waals surface area contributed by atoms with Gasteiger partial charge in [-0.05, 0) is 60.9 Å². The predicted octanol–water partition coefficient (Wildman–Crippen LogP) is 5.90. The molecule has 4 aromatic rings. The Morgan fingerprint density at radius 1 is 1.05 bits per heavy atom. The molecule has 1 saturated heterocycles. The molecule has 0 radical (unpaired) electrons. The van der Waals surface area contributed by atoms with Gasteiger partial charge in [0.2, 0.25) is 0 Å². The van der Waals surface area contributed by atoms with E-state index in [4.69, 9.17) is 9.47 Å². The number of rotatable bonds is 8. The molecule has 5 rings (SSSR count). The van der Waals surface area contributed by atoms with E-state index in [-0.39, 0.29) is 17.9 Å². The van der Waals surface area contributed by atoms with Crippen LogP contribution in [0.15, 0.2) is 78.5 Å². The molecule has 2 N–H and O–H groups in total. The van der Waals surface area contributed by atoms with Gasteiger partial charge in [0.15, 0.2) is 0 Å². The molecule has 1 unspecified atom stereocenters. The number of carbonyl (C=O) groups excluding carboxylic acids is 2. The van der Waals surface area contributed by atoms with Gasteiger partial charge < -0.3 is 24.5 Å². The van der Waals surface area contributed by atoms with Crippen LogP contribution in [-0.4, -0.2) is 40.4 Å². The van der Waals surface area contributed by atoms with Crippen molar-refractivity contribution < 1.29 is 24.2 Å². The molecule has 1 amide bonds. The lowest BCUT2D eigenvalue weighted by molar-refractivity contribution is -0.140. The number of hydrogen-bond acceptors (Lipinski definition) is 5. The minimum atomic E-state index is -0.774. The molecule has 0 saturated carbocycles. The fourth-order valence-electron chi connectivity index (χ4n) is 4.94. The maximum absolute atomic E-state index is 13.5. The van der Waals surface area contributed by atoms with Crippen LogP contribution in [-0.2, 0) is 16.1 Å². The summed E-state index contributed by atoms with van der Waals surface area (Å²) < 4.78 is 11.0. The number of ether oxygens (including phenoxy) is 2. The summed E-state index contributed by atoms with van der Waals surface area (Å²) in [5, 5.41) is 12.4. The summed E-state index contributed by atoms with van der Waals surface area (Å²) in [6.45, 7) is 4.70. The van der Waals surface area contributed by atoms with E-state index >= 15 is 0 Å². The van der Waals surface area contributed by atoms with E-state index in [0.717, 1.165) is 39.8 Å². The second-order valence-corrected chi connectivity index (χ2v) is 9.39. The largest absolute Gasteiger partial charge is 0.507 e. The SMILES string of the molecule is CCCOc1ccc(/C(O)=C2\C(=O)C(=O)N(Cc3ccc(OC)cc3)C2c2c[nH]c3ccccc23)cc1C. The van der Waals surface area contributed by atoms with Gasteiger partial charge in [-0.3, -0.25) is 9.59 Å². The molecule has 7 heteroatoms. The van der Waals surface area contributed by atoms with E-state index < -0.39 is 17.7 Å². The first-order valence-corrected chi connectivity index (χ1v) is 12.6. The standard InChI is InChI=1S/C31H30N2O5/c1-4-15-38-26-14-11-21(16-19(26)2)29(34)27-28(24-17-32-25-8-6-5-7-23(24)25)33(31(36)30(27)35)18-20-9-12-22(37-3)13-10-20/h5-14,16-17,28,32,34H,4,15,18H2,1-3H3/b29-27+. The molecule has 1 aliphatic rings. The van der Waals surface area contributed by atoms with Crippen LogP contribution in [0.4, 0.5) is 0 Å². The van der Waals surface area contributed by atoms with Crippen LogP contribution >= 0.6 is 0 Å².